The molecule has 0 saturated heterocycles. The molecule has 5 nitrogen and oxygen atoms in total. The standard InChI is InChI=1S/C19H22N4O/c1-15(17-9-5-3-6-10-17)13-20-22-19(24)23-21-14-16(2)18-11-7-4-8-12-18/h3-16H,1-2H3,(H2,22,23,24)/b20-13+,21-14?. The van der Waals surface area contributed by atoms with Gasteiger partial charge in [-0.05, 0) is 11.1 Å². The highest BCUT2D eigenvalue weighted by atomic mass is 16.2. The van der Waals surface area contributed by atoms with Gasteiger partial charge in [0, 0.05) is 24.3 Å². The third-order valence-electron chi connectivity index (χ3n) is 3.58. The van der Waals surface area contributed by atoms with Crippen molar-refractivity contribution in [3.05, 3.63) is 71.8 Å². The van der Waals surface area contributed by atoms with Crippen molar-refractivity contribution >= 4 is 18.5 Å². The van der Waals surface area contributed by atoms with Crippen LogP contribution < -0.4 is 10.9 Å². The zero-order valence-electron chi connectivity index (χ0n) is 13.9. The molecule has 2 atom stereocenters. The summed E-state index contributed by atoms with van der Waals surface area (Å²) in [6.07, 6.45) is 3.37. The Kier molecular flexibility index (Phi) is 6.71. The summed E-state index contributed by atoms with van der Waals surface area (Å²) in [5.74, 6) is 0.237. The van der Waals surface area contributed by atoms with Crippen LogP contribution in [0.15, 0.2) is 70.9 Å². The quantitative estimate of drug-likeness (QED) is 0.615. The zero-order chi connectivity index (χ0) is 17.2. The molecule has 2 rings (SSSR count). The Hall–Kier alpha value is -2.95. The Morgan fingerprint density at radius 3 is 1.54 bits per heavy atom. The maximum absolute atomic E-state index is 11.6. The number of carbonyl (C=O) groups is 1. The molecule has 2 N–H and O–H groups in total. The minimum atomic E-state index is -0.469. The first-order chi connectivity index (χ1) is 11.7. The number of nitrogens with zero attached hydrogens (tertiary/aromatic N) is 2. The lowest BCUT2D eigenvalue weighted by atomic mass is 10.0. The van der Waals surface area contributed by atoms with Crippen molar-refractivity contribution in [3.63, 3.8) is 0 Å². The lowest BCUT2D eigenvalue weighted by Gasteiger charge is -2.06. The molecular formula is C19H22N4O. The van der Waals surface area contributed by atoms with Gasteiger partial charge in [0.1, 0.15) is 0 Å². The van der Waals surface area contributed by atoms with Crippen LogP contribution in [-0.4, -0.2) is 18.5 Å². The van der Waals surface area contributed by atoms with E-state index < -0.39 is 6.03 Å². The molecule has 0 saturated carbocycles. The van der Waals surface area contributed by atoms with Gasteiger partial charge in [-0.2, -0.15) is 10.2 Å². The van der Waals surface area contributed by atoms with Crippen molar-refractivity contribution in [3.8, 4) is 0 Å². The van der Waals surface area contributed by atoms with Crippen LogP contribution in [0.1, 0.15) is 36.8 Å². The molecule has 24 heavy (non-hydrogen) atoms. The molecule has 0 bridgehead atoms. The van der Waals surface area contributed by atoms with E-state index in [1.54, 1.807) is 12.4 Å². The van der Waals surface area contributed by atoms with E-state index in [4.69, 9.17) is 0 Å². The highest BCUT2D eigenvalue weighted by Gasteiger charge is 2.02. The lowest BCUT2D eigenvalue weighted by molar-refractivity contribution is 0.242. The maximum atomic E-state index is 11.6. The Morgan fingerprint density at radius 1 is 0.792 bits per heavy atom. The van der Waals surface area contributed by atoms with E-state index in [9.17, 15) is 4.79 Å². The topological polar surface area (TPSA) is 65.8 Å². The molecule has 0 radical (unpaired) electrons. The molecule has 5 heteroatoms. The van der Waals surface area contributed by atoms with Crippen LogP contribution in [0, 0.1) is 0 Å². The second-order valence-electron chi connectivity index (χ2n) is 5.51. The summed E-state index contributed by atoms with van der Waals surface area (Å²) in [7, 11) is 0. The normalized spacial score (nSPS) is 13.8. The Balaban J connectivity index is 1.75. The van der Waals surface area contributed by atoms with Crippen molar-refractivity contribution < 1.29 is 4.79 Å². The van der Waals surface area contributed by atoms with E-state index in [0.717, 1.165) is 11.1 Å². The fourth-order valence-corrected chi connectivity index (χ4v) is 2.13. The number of hydrogen-bond donors (Lipinski definition) is 2. The van der Waals surface area contributed by atoms with Crippen LogP contribution >= 0.6 is 0 Å². The Morgan fingerprint density at radius 2 is 1.17 bits per heavy atom. The molecule has 0 aliphatic heterocycles. The van der Waals surface area contributed by atoms with Gasteiger partial charge in [-0.25, -0.2) is 15.6 Å². The van der Waals surface area contributed by atoms with Crippen LogP contribution in [0.2, 0.25) is 0 Å². The number of rotatable bonds is 6. The summed E-state index contributed by atoms with van der Waals surface area (Å²) in [6.45, 7) is 4.02. The van der Waals surface area contributed by atoms with Crippen molar-refractivity contribution in [2.24, 2.45) is 10.2 Å². The molecule has 2 unspecified atom stereocenters. The van der Waals surface area contributed by atoms with Crippen LogP contribution in [0.25, 0.3) is 0 Å². The third kappa shape index (κ3) is 5.68. The van der Waals surface area contributed by atoms with Crippen molar-refractivity contribution in [2.75, 3.05) is 0 Å². The van der Waals surface area contributed by atoms with Gasteiger partial charge in [0.25, 0.3) is 0 Å². The number of amides is 2. The Bertz CT molecular complexity index is 624. The van der Waals surface area contributed by atoms with Gasteiger partial charge in [0.05, 0.1) is 0 Å². The van der Waals surface area contributed by atoms with E-state index in [1.807, 2.05) is 74.5 Å². The minimum absolute atomic E-state index is 0.119. The van der Waals surface area contributed by atoms with E-state index in [-0.39, 0.29) is 11.8 Å². The Labute approximate surface area is 142 Å². The van der Waals surface area contributed by atoms with Gasteiger partial charge in [0.2, 0.25) is 0 Å². The van der Waals surface area contributed by atoms with Gasteiger partial charge in [-0.1, -0.05) is 74.5 Å². The van der Waals surface area contributed by atoms with E-state index in [0.29, 0.717) is 0 Å². The molecule has 124 valence electrons. The monoisotopic (exact) mass is 322 g/mol. The van der Waals surface area contributed by atoms with E-state index in [2.05, 4.69) is 21.1 Å². The zero-order valence-corrected chi connectivity index (χ0v) is 13.9. The van der Waals surface area contributed by atoms with E-state index >= 15 is 0 Å². The second kappa shape index (κ2) is 9.25. The highest BCUT2D eigenvalue weighted by molar-refractivity contribution is 5.77. The molecule has 0 aromatic heterocycles. The number of carbonyl (C=O) groups excluding carboxylic acids is 1. The predicted octanol–water partition coefficient (Wildman–Crippen LogP) is 3.86. The van der Waals surface area contributed by atoms with Gasteiger partial charge in [0.15, 0.2) is 0 Å². The molecule has 0 aliphatic carbocycles. The summed E-state index contributed by atoms with van der Waals surface area (Å²) < 4.78 is 0. The maximum Gasteiger partial charge on any atom is 0.355 e. The smallest absolute Gasteiger partial charge is 0.245 e. The first-order valence-corrected chi connectivity index (χ1v) is 7.89. The average Bonchev–Trinajstić information content (AvgIpc) is 2.63. The van der Waals surface area contributed by atoms with Gasteiger partial charge in [-0.15, -0.1) is 0 Å². The van der Waals surface area contributed by atoms with Gasteiger partial charge >= 0.3 is 6.03 Å². The second-order valence-corrected chi connectivity index (χ2v) is 5.51. The first-order valence-electron chi connectivity index (χ1n) is 7.89. The number of nitrogens with one attached hydrogen (secondary N) is 2. The predicted molar refractivity (Wildman–Crippen MR) is 98.4 cm³/mol. The highest BCUT2D eigenvalue weighted by Crippen LogP contribution is 2.12. The fourth-order valence-electron chi connectivity index (χ4n) is 2.13. The largest absolute Gasteiger partial charge is 0.355 e. The summed E-state index contributed by atoms with van der Waals surface area (Å²) in [5, 5.41) is 7.89. The van der Waals surface area contributed by atoms with Crippen LogP contribution in [0.4, 0.5) is 4.79 Å². The molecule has 2 aromatic carbocycles. The summed E-state index contributed by atoms with van der Waals surface area (Å²) >= 11 is 0. The molecule has 0 fully saturated rings. The van der Waals surface area contributed by atoms with Crippen LogP contribution in [0.3, 0.4) is 0 Å². The first kappa shape index (κ1) is 17.4. The number of hydrogen-bond acceptors (Lipinski definition) is 3. The summed E-state index contributed by atoms with van der Waals surface area (Å²) in [6, 6.07) is 19.4. The average molecular weight is 322 g/mol. The van der Waals surface area contributed by atoms with Crippen molar-refractivity contribution in [1.82, 2.24) is 10.9 Å². The van der Waals surface area contributed by atoms with Crippen molar-refractivity contribution in [2.45, 2.75) is 25.7 Å². The fraction of sp³-hybridized carbons (Fsp3) is 0.211. The molecular weight excluding hydrogens is 300 g/mol. The summed E-state index contributed by atoms with van der Waals surface area (Å²) in [5.41, 5.74) is 7.08. The molecule has 2 amide bonds. The lowest BCUT2D eigenvalue weighted by Crippen LogP contribution is -2.28. The van der Waals surface area contributed by atoms with Crippen molar-refractivity contribution in [1.29, 1.82) is 0 Å². The molecule has 0 aliphatic rings. The van der Waals surface area contributed by atoms with Crippen LogP contribution in [0.5, 0.6) is 0 Å². The number of urea groups is 1. The number of hydrazone groups is 2. The summed E-state index contributed by atoms with van der Waals surface area (Å²) in [4.78, 5) is 11.6. The molecule has 0 spiro atoms. The molecule has 2 aromatic rings. The van der Waals surface area contributed by atoms with E-state index in [1.165, 1.54) is 0 Å². The van der Waals surface area contributed by atoms with Crippen LogP contribution in [-0.2, 0) is 0 Å². The third-order valence-corrected chi connectivity index (χ3v) is 3.58. The number of benzene rings is 2. The minimum Gasteiger partial charge on any atom is -0.245 e. The SMILES string of the molecule is CC(C=NNC(=O)N/N=C/C(C)c1ccccc1)c1ccccc1. The van der Waals surface area contributed by atoms with Gasteiger partial charge < -0.3 is 0 Å². The van der Waals surface area contributed by atoms with Gasteiger partial charge in [-0.3, -0.25) is 0 Å². The molecule has 0 heterocycles.